The van der Waals surface area contributed by atoms with E-state index in [9.17, 15) is 4.39 Å². The highest BCUT2D eigenvalue weighted by Crippen LogP contribution is 2.34. The molecule has 0 unspecified atom stereocenters. The van der Waals surface area contributed by atoms with Crippen molar-refractivity contribution >= 4 is 5.69 Å². The van der Waals surface area contributed by atoms with Crippen LogP contribution >= 0.6 is 0 Å². The molecule has 0 saturated carbocycles. The van der Waals surface area contributed by atoms with Crippen molar-refractivity contribution in [1.29, 1.82) is 0 Å². The van der Waals surface area contributed by atoms with E-state index in [1.807, 2.05) is 13.2 Å². The highest BCUT2D eigenvalue weighted by Gasteiger charge is 2.16. The lowest BCUT2D eigenvalue weighted by Crippen LogP contribution is -2.12. The zero-order valence-electron chi connectivity index (χ0n) is 10.7. The lowest BCUT2D eigenvalue weighted by atomic mass is 10.0. The first kappa shape index (κ1) is 12.0. The first-order valence-electron chi connectivity index (χ1n) is 6.26. The molecule has 0 amide bonds. The van der Waals surface area contributed by atoms with E-state index < -0.39 is 0 Å². The van der Waals surface area contributed by atoms with E-state index in [0.717, 1.165) is 29.8 Å². The summed E-state index contributed by atoms with van der Waals surface area (Å²) in [6.45, 7) is 1.17. The van der Waals surface area contributed by atoms with Crippen molar-refractivity contribution < 1.29 is 9.13 Å². The van der Waals surface area contributed by atoms with E-state index in [0.29, 0.717) is 18.8 Å². The van der Waals surface area contributed by atoms with Crippen LogP contribution in [-0.2, 0) is 20.0 Å². The fourth-order valence-electron chi connectivity index (χ4n) is 2.24. The van der Waals surface area contributed by atoms with Crippen LogP contribution < -0.4 is 10.1 Å². The van der Waals surface area contributed by atoms with Gasteiger partial charge >= 0.3 is 0 Å². The molecule has 19 heavy (non-hydrogen) atoms. The number of hydrogen-bond acceptors (Lipinski definition) is 4. The van der Waals surface area contributed by atoms with E-state index in [4.69, 9.17) is 4.74 Å². The molecule has 1 N–H and O–H groups in total. The Bertz CT molecular complexity index is 596. The van der Waals surface area contributed by atoms with Crippen LogP contribution in [-0.4, -0.2) is 21.6 Å². The molecule has 2 heterocycles. The lowest BCUT2D eigenvalue weighted by molar-refractivity contribution is 0.289. The Morgan fingerprint density at radius 3 is 3.16 bits per heavy atom. The molecular formula is C13H15FN4O. The smallest absolute Gasteiger partial charge is 0.145 e. The van der Waals surface area contributed by atoms with Crippen LogP contribution in [0.15, 0.2) is 18.3 Å². The lowest BCUT2D eigenvalue weighted by Gasteiger charge is -2.21. The average molecular weight is 262 g/mol. The number of aryl methyl sites for hydroxylation is 2. The van der Waals surface area contributed by atoms with Crippen LogP contribution in [0.4, 0.5) is 10.1 Å². The van der Waals surface area contributed by atoms with Crippen LogP contribution in [0.1, 0.15) is 17.7 Å². The number of anilines is 1. The summed E-state index contributed by atoms with van der Waals surface area (Å²) < 4.78 is 20.8. The highest BCUT2D eigenvalue weighted by atomic mass is 19.1. The van der Waals surface area contributed by atoms with Gasteiger partial charge in [-0.05, 0) is 24.5 Å². The molecule has 0 bridgehead atoms. The minimum Gasteiger partial charge on any atom is -0.491 e. The van der Waals surface area contributed by atoms with E-state index in [1.54, 1.807) is 10.7 Å². The standard InChI is InChI=1S/C13H15FN4O/c1-18-8-11(16-17-18)7-15-12-6-10(14)5-9-3-2-4-19-13(9)12/h5-6,8,15H,2-4,7H2,1H3. The molecule has 1 aromatic carbocycles. The van der Waals surface area contributed by atoms with Crippen molar-refractivity contribution in [2.45, 2.75) is 19.4 Å². The van der Waals surface area contributed by atoms with Gasteiger partial charge in [0.25, 0.3) is 0 Å². The number of hydrogen-bond donors (Lipinski definition) is 1. The molecule has 6 heteroatoms. The number of rotatable bonds is 3. The molecule has 3 rings (SSSR count). The first-order chi connectivity index (χ1) is 9.22. The van der Waals surface area contributed by atoms with Gasteiger partial charge < -0.3 is 10.1 Å². The van der Waals surface area contributed by atoms with Crippen molar-refractivity contribution in [3.05, 3.63) is 35.4 Å². The van der Waals surface area contributed by atoms with Gasteiger partial charge in [-0.3, -0.25) is 4.68 Å². The Balaban J connectivity index is 1.82. The molecule has 1 aliphatic rings. The third-order valence-electron chi connectivity index (χ3n) is 3.08. The zero-order chi connectivity index (χ0) is 13.2. The molecule has 1 aromatic heterocycles. The van der Waals surface area contributed by atoms with Crippen molar-refractivity contribution in [2.24, 2.45) is 7.05 Å². The Hall–Kier alpha value is -2.11. The first-order valence-corrected chi connectivity index (χ1v) is 6.26. The summed E-state index contributed by atoms with van der Waals surface area (Å²) in [6.07, 6.45) is 3.60. The molecule has 2 aromatic rings. The van der Waals surface area contributed by atoms with Crippen LogP contribution in [0.5, 0.6) is 5.75 Å². The van der Waals surface area contributed by atoms with Crippen LogP contribution in [0.2, 0.25) is 0 Å². The summed E-state index contributed by atoms with van der Waals surface area (Å²) in [5.41, 5.74) is 2.41. The van der Waals surface area contributed by atoms with Crippen molar-refractivity contribution in [3.63, 3.8) is 0 Å². The summed E-state index contributed by atoms with van der Waals surface area (Å²) in [6, 6.07) is 3.00. The van der Waals surface area contributed by atoms with Crippen molar-refractivity contribution in [2.75, 3.05) is 11.9 Å². The molecule has 0 saturated heterocycles. The van der Waals surface area contributed by atoms with Gasteiger partial charge in [-0.25, -0.2) is 4.39 Å². The third-order valence-corrected chi connectivity index (χ3v) is 3.08. The molecule has 0 spiro atoms. The number of aromatic nitrogens is 3. The van der Waals surface area contributed by atoms with Gasteiger partial charge in [0, 0.05) is 19.3 Å². The largest absolute Gasteiger partial charge is 0.491 e. The predicted octanol–water partition coefficient (Wildman–Crippen LogP) is 1.89. The molecule has 100 valence electrons. The van der Waals surface area contributed by atoms with Crippen molar-refractivity contribution in [3.8, 4) is 5.75 Å². The maximum atomic E-state index is 13.6. The second-order valence-electron chi connectivity index (χ2n) is 4.63. The normalized spacial score (nSPS) is 13.8. The second-order valence-corrected chi connectivity index (χ2v) is 4.63. The van der Waals surface area contributed by atoms with E-state index in [2.05, 4.69) is 15.6 Å². The maximum absolute atomic E-state index is 13.6. The summed E-state index contributed by atoms with van der Waals surface area (Å²) in [7, 11) is 1.81. The summed E-state index contributed by atoms with van der Waals surface area (Å²) >= 11 is 0. The molecule has 5 nitrogen and oxygen atoms in total. The van der Waals surface area contributed by atoms with Gasteiger partial charge in [0.1, 0.15) is 17.3 Å². The Kier molecular flexibility index (Phi) is 3.06. The Morgan fingerprint density at radius 1 is 1.47 bits per heavy atom. The molecular weight excluding hydrogens is 247 g/mol. The van der Waals surface area contributed by atoms with Gasteiger partial charge in [0.2, 0.25) is 0 Å². The molecule has 0 atom stereocenters. The average Bonchev–Trinajstić information content (AvgIpc) is 2.81. The van der Waals surface area contributed by atoms with E-state index in [-0.39, 0.29) is 5.82 Å². The van der Waals surface area contributed by atoms with Gasteiger partial charge in [-0.1, -0.05) is 5.21 Å². The molecule has 0 fully saturated rings. The minimum atomic E-state index is -0.245. The Morgan fingerprint density at radius 2 is 2.37 bits per heavy atom. The topological polar surface area (TPSA) is 52.0 Å². The number of nitrogens with zero attached hydrogens (tertiary/aromatic N) is 3. The quantitative estimate of drug-likeness (QED) is 0.917. The molecule has 1 aliphatic heterocycles. The summed E-state index contributed by atoms with van der Waals surface area (Å²) in [5, 5.41) is 11.0. The number of benzene rings is 1. The Labute approximate surface area is 110 Å². The maximum Gasteiger partial charge on any atom is 0.145 e. The van der Waals surface area contributed by atoms with Gasteiger partial charge in [-0.2, -0.15) is 0 Å². The fraction of sp³-hybridized carbons (Fsp3) is 0.385. The highest BCUT2D eigenvalue weighted by molar-refractivity contribution is 5.61. The van der Waals surface area contributed by atoms with Gasteiger partial charge in [0.15, 0.2) is 0 Å². The third kappa shape index (κ3) is 2.52. The van der Waals surface area contributed by atoms with Gasteiger partial charge in [-0.15, -0.1) is 5.10 Å². The van der Waals surface area contributed by atoms with Crippen LogP contribution in [0.3, 0.4) is 0 Å². The summed E-state index contributed by atoms with van der Waals surface area (Å²) in [5.74, 6) is 0.516. The van der Waals surface area contributed by atoms with Crippen LogP contribution in [0.25, 0.3) is 0 Å². The predicted molar refractivity (Wildman–Crippen MR) is 68.5 cm³/mol. The summed E-state index contributed by atoms with van der Waals surface area (Å²) in [4.78, 5) is 0. The van der Waals surface area contributed by atoms with Crippen molar-refractivity contribution in [1.82, 2.24) is 15.0 Å². The molecule has 0 radical (unpaired) electrons. The second kappa shape index (κ2) is 4.87. The van der Waals surface area contributed by atoms with Crippen LogP contribution in [0, 0.1) is 5.82 Å². The van der Waals surface area contributed by atoms with E-state index in [1.165, 1.54) is 6.07 Å². The number of halogens is 1. The SMILES string of the molecule is Cn1cc(CNc2cc(F)cc3c2OCCC3)nn1. The number of ether oxygens (including phenoxy) is 1. The minimum absolute atomic E-state index is 0.245. The fourth-order valence-corrected chi connectivity index (χ4v) is 2.24. The molecule has 0 aliphatic carbocycles. The van der Waals surface area contributed by atoms with E-state index >= 15 is 0 Å². The number of nitrogens with one attached hydrogen (secondary N) is 1. The zero-order valence-corrected chi connectivity index (χ0v) is 10.7. The van der Waals surface area contributed by atoms with Gasteiger partial charge in [0.05, 0.1) is 18.8 Å². The monoisotopic (exact) mass is 262 g/mol. The number of fused-ring (bicyclic) bond motifs is 1.